The van der Waals surface area contributed by atoms with Crippen molar-refractivity contribution < 1.29 is 23.9 Å². The van der Waals surface area contributed by atoms with Crippen LogP contribution in [-0.2, 0) is 4.79 Å². The van der Waals surface area contributed by atoms with Gasteiger partial charge in [0.25, 0.3) is 0 Å². The maximum atomic E-state index is 12.6. The minimum atomic E-state index is -0.941. The molecule has 2 aromatic carbocycles. The fourth-order valence-electron chi connectivity index (χ4n) is 2.78. The molecule has 0 aromatic heterocycles. The molecule has 1 unspecified atom stereocenters. The second-order valence-corrected chi connectivity index (χ2v) is 7.69. The summed E-state index contributed by atoms with van der Waals surface area (Å²) in [6.07, 6.45) is -0.126. The van der Waals surface area contributed by atoms with Crippen LogP contribution in [0.15, 0.2) is 54.6 Å². The molecule has 0 radical (unpaired) electrons. The van der Waals surface area contributed by atoms with Crippen molar-refractivity contribution in [3.05, 3.63) is 54.6 Å². The van der Waals surface area contributed by atoms with E-state index < -0.39 is 12.0 Å². The number of carbonyl (C=O) groups is 2. The van der Waals surface area contributed by atoms with Crippen LogP contribution < -0.4 is 15.0 Å². The first-order valence-electron chi connectivity index (χ1n) is 9.03. The Morgan fingerprint density at radius 1 is 1.04 bits per heavy atom. The van der Waals surface area contributed by atoms with E-state index in [-0.39, 0.29) is 12.5 Å². The molecule has 150 valence electrons. The first-order valence-corrected chi connectivity index (χ1v) is 9.03. The predicted molar refractivity (Wildman–Crippen MR) is 109 cm³/mol. The van der Waals surface area contributed by atoms with E-state index in [2.05, 4.69) is 5.32 Å². The molecule has 2 amide bonds. The standard InChI is InChI=1S/C21H27N3O4/c1-23(21(27)22-16(14-20(25)26)15-24(2,3)4)17-10-12-19(13-11-17)28-18-8-6-5-7-9-18/h5-13,16H,14-15H2,1-4H3,(H-,22,25,26,27)/p+1. The zero-order valence-corrected chi connectivity index (χ0v) is 16.8. The summed E-state index contributed by atoms with van der Waals surface area (Å²) in [4.78, 5) is 25.2. The van der Waals surface area contributed by atoms with Gasteiger partial charge in [-0.1, -0.05) is 18.2 Å². The average Bonchev–Trinajstić information content (AvgIpc) is 2.60. The summed E-state index contributed by atoms with van der Waals surface area (Å²) in [5.41, 5.74) is 0.678. The Balaban J connectivity index is 2.01. The normalized spacial score (nSPS) is 12.1. The minimum Gasteiger partial charge on any atom is -0.481 e. The van der Waals surface area contributed by atoms with Gasteiger partial charge in [-0.15, -0.1) is 0 Å². The number of likely N-dealkylation sites (N-methyl/N-ethyl adjacent to an activating group) is 1. The van der Waals surface area contributed by atoms with E-state index >= 15 is 0 Å². The molecule has 0 saturated carbocycles. The van der Waals surface area contributed by atoms with Gasteiger partial charge in [0.05, 0.1) is 40.2 Å². The number of hydrogen-bond donors (Lipinski definition) is 2. The largest absolute Gasteiger partial charge is 0.481 e. The molecule has 2 rings (SSSR count). The second-order valence-electron chi connectivity index (χ2n) is 7.69. The predicted octanol–water partition coefficient (Wildman–Crippen LogP) is 3.17. The SMILES string of the molecule is CN(C(=O)NC(CC(=O)O)C[N+](C)(C)C)c1ccc(Oc2ccccc2)cc1. The molecule has 0 aliphatic heterocycles. The second kappa shape index (κ2) is 9.23. The van der Waals surface area contributed by atoms with Crippen LogP contribution in [0, 0.1) is 0 Å². The maximum absolute atomic E-state index is 12.6. The summed E-state index contributed by atoms with van der Waals surface area (Å²) in [5.74, 6) is 0.458. The molecular weight excluding hydrogens is 358 g/mol. The number of benzene rings is 2. The smallest absolute Gasteiger partial charge is 0.322 e. The zero-order chi connectivity index (χ0) is 20.7. The molecule has 7 nitrogen and oxygen atoms in total. The van der Waals surface area contributed by atoms with Crippen molar-refractivity contribution in [2.24, 2.45) is 0 Å². The Morgan fingerprint density at radius 3 is 2.14 bits per heavy atom. The van der Waals surface area contributed by atoms with E-state index in [1.54, 1.807) is 31.3 Å². The van der Waals surface area contributed by atoms with E-state index in [0.29, 0.717) is 22.5 Å². The summed E-state index contributed by atoms with van der Waals surface area (Å²) >= 11 is 0. The Kier molecular flexibility index (Phi) is 7.00. The van der Waals surface area contributed by atoms with Crippen LogP contribution in [0.5, 0.6) is 11.5 Å². The molecule has 2 N–H and O–H groups in total. The molecule has 0 bridgehead atoms. The van der Waals surface area contributed by atoms with Crippen molar-refractivity contribution in [1.29, 1.82) is 0 Å². The number of carbonyl (C=O) groups excluding carboxylic acids is 1. The van der Waals surface area contributed by atoms with Crippen molar-refractivity contribution >= 4 is 17.7 Å². The fourth-order valence-corrected chi connectivity index (χ4v) is 2.78. The summed E-state index contributed by atoms with van der Waals surface area (Å²) in [6, 6.07) is 15.8. The number of amides is 2. The molecule has 0 saturated heterocycles. The van der Waals surface area contributed by atoms with Gasteiger partial charge in [0.15, 0.2) is 0 Å². The molecular formula is C21H28N3O4+. The molecule has 28 heavy (non-hydrogen) atoms. The molecule has 0 fully saturated rings. The van der Waals surface area contributed by atoms with E-state index in [1.165, 1.54) is 4.90 Å². The van der Waals surface area contributed by atoms with Crippen molar-refractivity contribution in [1.82, 2.24) is 5.32 Å². The highest BCUT2D eigenvalue weighted by Gasteiger charge is 2.24. The van der Waals surface area contributed by atoms with Gasteiger partial charge in [-0.25, -0.2) is 4.79 Å². The van der Waals surface area contributed by atoms with Gasteiger partial charge in [0, 0.05) is 12.7 Å². The number of carboxylic acids is 1. The number of nitrogens with one attached hydrogen (secondary N) is 1. The maximum Gasteiger partial charge on any atom is 0.322 e. The number of nitrogens with zero attached hydrogens (tertiary/aromatic N) is 2. The van der Waals surface area contributed by atoms with E-state index in [0.717, 1.165) is 5.75 Å². The first-order chi connectivity index (χ1) is 13.1. The minimum absolute atomic E-state index is 0.126. The lowest BCUT2D eigenvalue weighted by Crippen LogP contribution is -2.52. The quantitative estimate of drug-likeness (QED) is 0.683. The number of rotatable bonds is 8. The Labute approximate surface area is 165 Å². The summed E-state index contributed by atoms with van der Waals surface area (Å²) in [6.45, 7) is 0.510. The van der Waals surface area contributed by atoms with Crippen LogP contribution in [0.3, 0.4) is 0 Å². The van der Waals surface area contributed by atoms with Crippen LogP contribution in [0.4, 0.5) is 10.5 Å². The van der Waals surface area contributed by atoms with Gasteiger partial charge in [-0.2, -0.15) is 0 Å². The number of aliphatic carboxylic acids is 1. The van der Waals surface area contributed by atoms with Gasteiger partial charge in [0.1, 0.15) is 11.5 Å². The topological polar surface area (TPSA) is 78.9 Å². The van der Waals surface area contributed by atoms with E-state index in [9.17, 15) is 9.59 Å². The summed E-state index contributed by atoms with van der Waals surface area (Å²) in [5, 5.41) is 11.9. The Hall–Kier alpha value is -3.06. The third-order valence-corrected chi connectivity index (χ3v) is 4.02. The molecule has 0 heterocycles. The van der Waals surface area contributed by atoms with Gasteiger partial charge >= 0.3 is 12.0 Å². The number of hydrogen-bond acceptors (Lipinski definition) is 3. The molecule has 0 aliphatic rings. The molecule has 1 atom stereocenters. The van der Waals surface area contributed by atoms with Crippen LogP contribution in [0.25, 0.3) is 0 Å². The lowest BCUT2D eigenvalue weighted by Gasteiger charge is -2.30. The molecule has 7 heteroatoms. The molecule has 0 spiro atoms. The van der Waals surface area contributed by atoms with Crippen molar-refractivity contribution in [2.45, 2.75) is 12.5 Å². The molecule has 0 aliphatic carbocycles. The highest BCUT2D eigenvalue weighted by atomic mass is 16.5. The number of ether oxygens (including phenoxy) is 1. The number of quaternary nitrogens is 1. The lowest BCUT2D eigenvalue weighted by molar-refractivity contribution is -0.871. The Bertz CT molecular complexity index is 786. The third kappa shape index (κ3) is 6.92. The van der Waals surface area contributed by atoms with Crippen LogP contribution in [-0.4, -0.2) is 62.4 Å². The van der Waals surface area contributed by atoms with Crippen LogP contribution >= 0.6 is 0 Å². The number of para-hydroxylation sites is 1. The number of anilines is 1. The van der Waals surface area contributed by atoms with Crippen molar-refractivity contribution in [2.75, 3.05) is 39.6 Å². The van der Waals surface area contributed by atoms with E-state index in [4.69, 9.17) is 9.84 Å². The monoisotopic (exact) mass is 386 g/mol. The molecule has 2 aromatic rings. The van der Waals surface area contributed by atoms with Crippen molar-refractivity contribution in [3.8, 4) is 11.5 Å². The highest BCUT2D eigenvalue weighted by Crippen LogP contribution is 2.24. The zero-order valence-electron chi connectivity index (χ0n) is 16.8. The number of carboxylic acid groups (broad SMARTS) is 1. The average molecular weight is 386 g/mol. The van der Waals surface area contributed by atoms with E-state index in [1.807, 2.05) is 51.5 Å². The third-order valence-electron chi connectivity index (χ3n) is 4.02. The van der Waals surface area contributed by atoms with Crippen LogP contribution in [0.2, 0.25) is 0 Å². The summed E-state index contributed by atoms with van der Waals surface area (Å²) in [7, 11) is 7.51. The lowest BCUT2D eigenvalue weighted by atomic mass is 10.2. The van der Waals surface area contributed by atoms with Crippen molar-refractivity contribution in [3.63, 3.8) is 0 Å². The van der Waals surface area contributed by atoms with Gasteiger partial charge in [0.2, 0.25) is 0 Å². The first kappa shape index (κ1) is 21.2. The Morgan fingerprint density at radius 2 is 1.61 bits per heavy atom. The van der Waals surface area contributed by atoms with Crippen LogP contribution in [0.1, 0.15) is 6.42 Å². The summed E-state index contributed by atoms with van der Waals surface area (Å²) < 4.78 is 6.30. The fraction of sp³-hybridized carbons (Fsp3) is 0.333. The highest BCUT2D eigenvalue weighted by molar-refractivity contribution is 5.91. The van der Waals surface area contributed by atoms with Gasteiger partial charge in [-0.05, 0) is 36.4 Å². The van der Waals surface area contributed by atoms with Gasteiger partial charge in [-0.3, -0.25) is 9.69 Å². The van der Waals surface area contributed by atoms with Gasteiger partial charge < -0.3 is 19.6 Å². The number of urea groups is 1.